The molecule has 1 heterocycles. The zero-order chi connectivity index (χ0) is 22.7. The molecule has 0 aromatic heterocycles. The van der Waals surface area contributed by atoms with E-state index in [9.17, 15) is 9.90 Å². The Kier molecular flexibility index (Phi) is 7.37. The number of aliphatic hydroxyl groups is 1. The van der Waals surface area contributed by atoms with Gasteiger partial charge < -0.3 is 9.84 Å². The van der Waals surface area contributed by atoms with Crippen molar-refractivity contribution in [1.29, 1.82) is 0 Å². The van der Waals surface area contributed by atoms with Gasteiger partial charge in [0.15, 0.2) is 5.78 Å². The van der Waals surface area contributed by atoms with Crippen LogP contribution in [0.4, 0.5) is 0 Å². The highest BCUT2D eigenvalue weighted by atomic mass is 35.5. The van der Waals surface area contributed by atoms with Crippen molar-refractivity contribution in [2.45, 2.75) is 58.8 Å². The molecule has 0 radical (unpaired) electrons. The Morgan fingerprint density at radius 2 is 1.56 bits per heavy atom. The van der Waals surface area contributed by atoms with Gasteiger partial charge in [-0.2, -0.15) is 0 Å². The molecule has 0 saturated carbocycles. The van der Waals surface area contributed by atoms with Crippen LogP contribution in [0.1, 0.15) is 62.6 Å². The molecule has 2 aliphatic rings. The van der Waals surface area contributed by atoms with Crippen molar-refractivity contribution in [3.8, 4) is 11.1 Å². The Labute approximate surface area is 196 Å². The second-order valence-corrected chi connectivity index (χ2v) is 9.63. The molecule has 1 unspecified atom stereocenters. The lowest BCUT2D eigenvalue weighted by Gasteiger charge is -2.30. The van der Waals surface area contributed by atoms with E-state index in [2.05, 4.69) is 26.0 Å². The molecular formula is C28H33ClO3. The van der Waals surface area contributed by atoms with Crippen LogP contribution in [0.3, 0.4) is 0 Å². The van der Waals surface area contributed by atoms with Crippen LogP contribution in [-0.2, 0) is 22.4 Å². The summed E-state index contributed by atoms with van der Waals surface area (Å²) in [5, 5.41) is 11.8. The number of ketones is 1. The second kappa shape index (κ2) is 10.2. The molecule has 1 N–H and O–H groups in total. The maximum atomic E-state index is 13.3. The van der Waals surface area contributed by atoms with Gasteiger partial charge in [0.2, 0.25) is 0 Å². The molecule has 1 saturated heterocycles. The van der Waals surface area contributed by atoms with Gasteiger partial charge in [-0.15, -0.1) is 0 Å². The molecule has 1 aliphatic heterocycles. The molecule has 0 bridgehead atoms. The van der Waals surface area contributed by atoms with Crippen molar-refractivity contribution in [2.24, 2.45) is 11.8 Å². The molecule has 1 atom stereocenters. The molecule has 3 nitrogen and oxygen atoms in total. The number of allylic oxidation sites excluding steroid dienone is 2. The molecule has 4 heteroatoms. The van der Waals surface area contributed by atoms with Crippen LogP contribution >= 0.6 is 11.6 Å². The summed E-state index contributed by atoms with van der Waals surface area (Å²) in [5.74, 6) is 1.21. The van der Waals surface area contributed by atoms with Gasteiger partial charge in [-0.1, -0.05) is 49.7 Å². The molecule has 2 aromatic rings. The maximum absolute atomic E-state index is 13.3. The summed E-state index contributed by atoms with van der Waals surface area (Å²) < 4.78 is 5.47. The number of aliphatic hydroxyl groups excluding tert-OH is 1. The summed E-state index contributed by atoms with van der Waals surface area (Å²) in [6.45, 7) is 5.86. The Morgan fingerprint density at radius 1 is 0.938 bits per heavy atom. The normalized spacial score (nSPS) is 20.1. The van der Waals surface area contributed by atoms with E-state index in [1.54, 1.807) is 0 Å². The number of rotatable bonds is 6. The summed E-state index contributed by atoms with van der Waals surface area (Å²) in [6.07, 6.45) is 5.87. The number of carbonyl (C=O) groups is 1. The summed E-state index contributed by atoms with van der Waals surface area (Å²) in [4.78, 5) is 13.3. The van der Waals surface area contributed by atoms with Crippen LogP contribution in [0.2, 0.25) is 5.02 Å². The van der Waals surface area contributed by atoms with E-state index < -0.39 is 0 Å². The molecule has 32 heavy (non-hydrogen) atoms. The molecule has 0 spiro atoms. The van der Waals surface area contributed by atoms with E-state index in [1.807, 2.05) is 24.3 Å². The Balaban J connectivity index is 1.67. The molecule has 170 valence electrons. The van der Waals surface area contributed by atoms with E-state index in [1.165, 1.54) is 0 Å². The standard InChI is InChI=1S/C28H33ClO3/c1-3-20-16-23(22-5-7-24(29)8-6-22)17-21(4-2)27(20)28-25(30)14-19(15-26(28)31)13-18-9-11-32-12-10-18/h5-8,16-19,30H,3-4,9-15H2,1-2H3. The molecule has 2 aromatic carbocycles. The van der Waals surface area contributed by atoms with Crippen LogP contribution in [0.15, 0.2) is 42.2 Å². The van der Waals surface area contributed by atoms with Crippen molar-refractivity contribution >= 4 is 23.0 Å². The van der Waals surface area contributed by atoms with Crippen LogP contribution in [0, 0.1) is 11.8 Å². The van der Waals surface area contributed by atoms with Gasteiger partial charge in [0.25, 0.3) is 0 Å². The minimum atomic E-state index is 0.0921. The van der Waals surface area contributed by atoms with Crippen molar-refractivity contribution in [2.75, 3.05) is 13.2 Å². The number of carbonyl (C=O) groups excluding carboxylic acids is 1. The lowest BCUT2D eigenvalue weighted by molar-refractivity contribution is -0.115. The first-order chi connectivity index (χ1) is 15.5. The Hall–Kier alpha value is -2.10. The zero-order valence-corrected chi connectivity index (χ0v) is 19.9. The van der Waals surface area contributed by atoms with Crippen LogP contribution in [-0.4, -0.2) is 24.1 Å². The highest BCUT2D eigenvalue weighted by Gasteiger charge is 2.32. The zero-order valence-electron chi connectivity index (χ0n) is 19.1. The summed E-state index contributed by atoms with van der Waals surface area (Å²) in [5.41, 5.74) is 5.98. The van der Waals surface area contributed by atoms with Gasteiger partial charge >= 0.3 is 0 Å². The van der Waals surface area contributed by atoms with Crippen molar-refractivity contribution in [3.05, 3.63) is 63.9 Å². The molecule has 1 fully saturated rings. The van der Waals surface area contributed by atoms with Crippen molar-refractivity contribution in [3.63, 3.8) is 0 Å². The van der Waals surface area contributed by atoms with E-state index >= 15 is 0 Å². The monoisotopic (exact) mass is 452 g/mol. The third-order valence-electron chi connectivity index (χ3n) is 7.02. The first-order valence-corrected chi connectivity index (χ1v) is 12.3. The molecule has 1 aliphatic carbocycles. The van der Waals surface area contributed by atoms with Crippen LogP contribution in [0.5, 0.6) is 0 Å². The highest BCUT2D eigenvalue weighted by molar-refractivity contribution is 6.30. The third-order valence-corrected chi connectivity index (χ3v) is 7.27. The average Bonchev–Trinajstić information content (AvgIpc) is 2.79. The lowest BCUT2D eigenvalue weighted by Crippen LogP contribution is -2.24. The molecular weight excluding hydrogens is 420 g/mol. The van der Waals surface area contributed by atoms with E-state index in [0.717, 1.165) is 78.2 Å². The number of hydrogen-bond donors (Lipinski definition) is 1. The largest absolute Gasteiger partial charge is 0.512 e. The van der Waals surface area contributed by atoms with Gasteiger partial charge in [0.1, 0.15) is 5.76 Å². The van der Waals surface area contributed by atoms with Gasteiger partial charge in [-0.05, 0) is 83.9 Å². The summed E-state index contributed by atoms with van der Waals surface area (Å²) in [7, 11) is 0. The van der Waals surface area contributed by atoms with Crippen LogP contribution in [0.25, 0.3) is 16.7 Å². The van der Waals surface area contributed by atoms with E-state index in [4.69, 9.17) is 16.3 Å². The smallest absolute Gasteiger partial charge is 0.167 e. The predicted molar refractivity (Wildman–Crippen MR) is 131 cm³/mol. The van der Waals surface area contributed by atoms with Crippen LogP contribution < -0.4 is 0 Å². The van der Waals surface area contributed by atoms with E-state index in [0.29, 0.717) is 24.3 Å². The fraction of sp³-hybridized carbons (Fsp3) is 0.464. The third kappa shape index (κ3) is 4.94. The number of benzene rings is 2. The number of ether oxygens (including phenoxy) is 1. The predicted octanol–water partition coefficient (Wildman–Crippen LogP) is 7.20. The second-order valence-electron chi connectivity index (χ2n) is 9.19. The minimum absolute atomic E-state index is 0.0921. The maximum Gasteiger partial charge on any atom is 0.167 e. The Morgan fingerprint density at radius 3 is 2.12 bits per heavy atom. The summed E-state index contributed by atoms with van der Waals surface area (Å²) in [6, 6.07) is 12.2. The van der Waals surface area contributed by atoms with Crippen molar-refractivity contribution < 1.29 is 14.6 Å². The van der Waals surface area contributed by atoms with Gasteiger partial charge in [-0.3, -0.25) is 4.79 Å². The van der Waals surface area contributed by atoms with Crippen molar-refractivity contribution in [1.82, 2.24) is 0 Å². The highest BCUT2D eigenvalue weighted by Crippen LogP contribution is 2.40. The van der Waals surface area contributed by atoms with E-state index in [-0.39, 0.29) is 17.5 Å². The fourth-order valence-electron chi connectivity index (χ4n) is 5.33. The first-order valence-electron chi connectivity index (χ1n) is 11.9. The number of hydrogen-bond acceptors (Lipinski definition) is 3. The number of aryl methyl sites for hydroxylation is 2. The first kappa shape index (κ1) is 23.1. The molecule has 0 amide bonds. The van der Waals surface area contributed by atoms with Gasteiger partial charge in [-0.25, -0.2) is 0 Å². The average molecular weight is 453 g/mol. The number of halogens is 1. The summed E-state index contributed by atoms with van der Waals surface area (Å²) >= 11 is 6.07. The lowest BCUT2D eigenvalue weighted by atomic mass is 9.76. The Bertz CT molecular complexity index is 975. The van der Waals surface area contributed by atoms with Gasteiger partial charge in [0.05, 0.1) is 5.57 Å². The fourth-order valence-corrected chi connectivity index (χ4v) is 5.46. The SMILES string of the molecule is CCc1cc(-c2ccc(Cl)cc2)cc(CC)c1C1=C(O)CC(CC2CCOCC2)CC1=O. The quantitative estimate of drug-likeness (QED) is 0.504. The molecule has 4 rings (SSSR count). The van der Waals surface area contributed by atoms with Gasteiger partial charge in [0, 0.05) is 31.1 Å². The number of Topliss-reactive ketones (excluding diaryl/α,β-unsaturated/α-hetero) is 1. The minimum Gasteiger partial charge on any atom is -0.512 e. The topological polar surface area (TPSA) is 46.5 Å².